The van der Waals surface area contributed by atoms with Crippen molar-refractivity contribution in [2.45, 2.75) is 19.9 Å². The second kappa shape index (κ2) is 7.29. The number of aryl methyl sites for hydroxylation is 2. The van der Waals surface area contributed by atoms with Gasteiger partial charge in [0.15, 0.2) is 3.92 Å². The van der Waals surface area contributed by atoms with Crippen LogP contribution in [0.2, 0.25) is 0 Å². The number of halogens is 1. The summed E-state index contributed by atoms with van der Waals surface area (Å²) in [5.41, 5.74) is 14.4. The van der Waals surface area contributed by atoms with Crippen LogP contribution in [0.25, 0.3) is 31.0 Å². The lowest BCUT2D eigenvalue weighted by molar-refractivity contribution is 0.868. The van der Waals surface area contributed by atoms with Crippen molar-refractivity contribution in [2.24, 2.45) is 5.73 Å². The van der Waals surface area contributed by atoms with Gasteiger partial charge < -0.3 is 5.73 Å². The third-order valence-corrected chi connectivity index (χ3v) is 7.72. The molecule has 0 fully saturated rings. The maximum absolute atomic E-state index is 6.70. The van der Waals surface area contributed by atoms with Crippen molar-refractivity contribution < 1.29 is 0 Å². The van der Waals surface area contributed by atoms with Gasteiger partial charge in [0, 0.05) is 11.1 Å². The van der Waals surface area contributed by atoms with Crippen LogP contribution in [0.1, 0.15) is 28.3 Å². The number of hydrogen-bond donors (Lipinski definition) is 1. The number of aromatic nitrogens is 2. The second-order valence-electron chi connectivity index (χ2n) is 7.20. The fraction of sp³-hybridized carbons (Fsp3) is 0.130. The van der Waals surface area contributed by atoms with E-state index >= 15 is 0 Å². The summed E-state index contributed by atoms with van der Waals surface area (Å²) in [5.74, 6) is 0. The second-order valence-corrected chi connectivity index (χ2v) is 10.5. The molecule has 3 aromatic carbocycles. The van der Waals surface area contributed by atoms with E-state index in [4.69, 9.17) is 10.7 Å². The van der Waals surface area contributed by atoms with Crippen LogP contribution in [0, 0.1) is 13.8 Å². The number of rotatable bonds is 3. The molecular weight excluding hydrogens is 462 g/mol. The highest BCUT2D eigenvalue weighted by Gasteiger charge is 2.18. The Kier molecular flexibility index (Phi) is 4.75. The van der Waals surface area contributed by atoms with Crippen LogP contribution < -0.4 is 5.73 Å². The summed E-state index contributed by atoms with van der Waals surface area (Å²) >= 11 is 6.86. The molecule has 0 bridgehead atoms. The van der Waals surface area contributed by atoms with Crippen LogP contribution in [0.3, 0.4) is 0 Å². The molecule has 3 nitrogen and oxygen atoms in total. The molecular formula is C23H18BrN3S2. The fourth-order valence-corrected chi connectivity index (χ4v) is 6.00. The zero-order chi connectivity index (χ0) is 20.1. The highest BCUT2D eigenvalue weighted by Crippen LogP contribution is 2.36. The highest BCUT2D eigenvalue weighted by atomic mass is 79.9. The molecule has 0 saturated heterocycles. The Bertz CT molecular complexity index is 1350. The summed E-state index contributed by atoms with van der Waals surface area (Å²) in [6.07, 6.45) is 0. The van der Waals surface area contributed by atoms with Crippen LogP contribution in [0.5, 0.6) is 0 Å². The van der Waals surface area contributed by atoms with Gasteiger partial charge in [0.2, 0.25) is 0 Å². The van der Waals surface area contributed by atoms with Gasteiger partial charge in [-0.3, -0.25) is 0 Å². The van der Waals surface area contributed by atoms with E-state index in [1.165, 1.54) is 10.3 Å². The van der Waals surface area contributed by atoms with Gasteiger partial charge in [-0.25, -0.2) is 9.97 Å². The lowest BCUT2D eigenvalue weighted by Crippen LogP contribution is -2.13. The molecule has 2 N–H and O–H groups in total. The summed E-state index contributed by atoms with van der Waals surface area (Å²) < 4.78 is 3.24. The Morgan fingerprint density at radius 2 is 1.66 bits per heavy atom. The first-order valence-corrected chi connectivity index (χ1v) is 11.7. The Morgan fingerprint density at radius 1 is 0.897 bits per heavy atom. The molecule has 0 saturated carbocycles. The number of thiazole rings is 2. The first-order valence-electron chi connectivity index (χ1n) is 9.28. The Hall–Kier alpha value is -2.12. The number of benzene rings is 3. The van der Waals surface area contributed by atoms with Crippen molar-refractivity contribution >= 4 is 59.0 Å². The SMILES string of the molecule is Cc1ccc2sc(-c3ccc(C(N)c4c(C)ccc5sc(Br)nc45)cc3)nc2c1. The smallest absolute Gasteiger partial charge is 0.160 e. The van der Waals surface area contributed by atoms with E-state index in [0.717, 1.165) is 46.9 Å². The van der Waals surface area contributed by atoms with Crippen LogP contribution in [-0.4, -0.2) is 9.97 Å². The molecule has 0 aliphatic carbocycles. The van der Waals surface area contributed by atoms with E-state index in [1.54, 1.807) is 22.7 Å². The minimum atomic E-state index is -0.222. The molecule has 6 heteroatoms. The molecule has 5 rings (SSSR count). The molecule has 0 amide bonds. The van der Waals surface area contributed by atoms with Crippen molar-refractivity contribution in [3.05, 3.63) is 80.8 Å². The average molecular weight is 480 g/mol. The van der Waals surface area contributed by atoms with Crippen molar-refractivity contribution in [3.8, 4) is 10.6 Å². The summed E-state index contributed by atoms with van der Waals surface area (Å²) in [6.45, 7) is 4.19. The molecule has 5 aromatic rings. The van der Waals surface area contributed by atoms with E-state index in [-0.39, 0.29) is 6.04 Å². The molecule has 1 atom stereocenters. The maximum atomic E-state index is 6.70. The van der Waals surface area contributed by atoms with Crippen LogP contribution in [0.15, 0.2) is 58.5 Å². The van der Waals surface area contributed by atoms with Crippen molar-refractivity contribution in [2.75, 3.05) is 0 Å². The normalized spacial score (nSPS) is 12.7. The lowest BCUT2D eigenvalue weighted by Gasteiger charge is -2.16. The highest BCUT2D eigenvalue weighted by molar-refractivity contribution is 9.11. The quantitative estimate of drug-likeness (QED) is 0.303. The molecule has 144 valence electrons. The third kappa shape index (κ3) is 3.40. The standard InChI is InChI=1S/C23H18BrN3S2/c1-12-3-9-17-16(11-12)26-22(28-17)15-7-5-14(6-8-15)20(25)19-13(2)4-10-18-21(19)27-23(24)29-18/h3-11,20H,25H2,1-2H3. The maximum Gasteiger partial charge on any atom is 0.160 e. The number of hydrogen-bond acceptors (Lipinski definition) is 5. The molecule has 29 heavy (non-hydrogen) atoms. The Morgan fingerprint density at radius 3 is 2.45 bits per heavy atom. The van der Waals surface area contributed by atoms with E-state index in [0.29, 0.717) is 0 Å². The first-order chi connectivity index (χ1) is 14.0. The minimum absolute atomic E-state index is 0.222. The number of fused-ring (bicyclic) bond motifs is 2. The molecule has 2 aromatic heterocycles. The number of nitrogens with two attached hydrogens (primary N) is 1. The monoisotopic (exact) mass is 479 g/mol. The van der Waals surface area contributed by atoms with Crippen molar-refractivity contribution in [3.63, 3.8) is 0 Å². The van der Waals surface area contributed by atoms with E-state index in [2.05, 4.69) is 89.4 Å². The summed E-state index contributed by atoms with van der Waals surface area (Å²) in [7, 11) is 0. The Labute approximate surface area is 185 Å². The topological polar surface area (TPSA) is 51.8 Å². The zero-order valence-corrected chi connectivity index (χ0v) is 19.2. The number of nitrogens with zero attached hydrogens (tertiary/aromatic N) is 2. The third-order valence-electron chi connectivity index (χ3n) is 5.16. The first kappa shape index (κ1) is 18.9. The molecule has 2 heterocycles. The summed E-state index contributed by atoms with van der Waals surface area (Å²) in [6, 6.07) is 18.9. The molecule has 0 radical (unpaired) electrons. The average Bonchev–Trinajstić information content (AvgIpc) is 3.30. The predicted octanol–water partition coefficient (Wildman–Crippen LogP) is 7.00. The van der Waals surface area contributed by atoms with Gasteiger partial charge in [-0.15, -0.1) is 22.7 Å². The van der Waals surface area contributed by atoms with E-state index in [9.17, 15) is 0 Å². The summed E-state index contributed by atoms with van der Waals surface area (Å²) in [4.78, 5) is 9.47. The van der Waals surface area contributed by atoms with Gasteiger partial charge >= 0.3 is 0 Å². The van der Waals surface area contributed by atoms with Gasteiger partial charge in [-0.2, -0.15) is 0 Å². The van der Waals surface area contributed by atoms with E-state index < -0.39 is 0 Å². The van der Waals surface area contributed by atoms with Crippen molar-refractivity contribution in [1.29, 1.82) is 0 Å². The van der Waals surface area contributed by atoms with Gasteiger partial charge in [0.1, 0.15) is 5.01 Å². The molecule has 1 unspecified atom stereocenters. The van der Waals surface area contributed by atoms with Gasteiger partial charge in [-0.1, -0.05) is 36.4 Å². The van der Waals surface area contributed by atoms with Gasteiger partial charge in [-0.05, 0) is 64.7 Å². The molecule has 0 aliphatic rings. The van der Waals surface area contributed by atoms with E-state index in [1.807, 2.05) is 0 Å². The fourth-order valence-electron chi connectivity index (χ4n) is 3.64. The lowest BCUT2D eigenvalue weighted by atomic mass is 9.94. The van der Waals surface area contributed by atoms with Crippen molar-refractivity contribution in [1.82, 2.24) is 9.97 Å². The molecule has 0 aliphatic heterocycles. The van der Waals surface area contributed by atoms with Gasteiger partial charge in [0.25, 0.3) is 0 Å². The minimum Gasteiger partial charge on any atom is -0.320 e. The van der Waals surface area contributed by atoms with Crippen LogP contribution in [-0.2, 0) is 0 Å². The Balaban J connectivity index is 1.52. The predicted molar refractivity (Wildman–Crippen MR) is 128 cm³/mol. The largest absolute Gasteiger partial charge is 0.320 e. The zero-order valence-electron chi connectivity index (χ0n) is 15.9. The summed E-state index contributed by atoms with van der Waals surface area (Å²) in [5, 5.41) is 1.03. The van der Waals surface area contributed by atoms with Crippen LogP contribution in [0.4, 0.5) is 0 Å². The van der Waals surface area contributed by atoms with Gasteiger partial charge in [0.05, 0.1) is 26.5 Å². The van der Waals surface area contributed by atoms with Crippen LogP contribution >= 0.6 is 38.6 Å². The molecule has 0 spiro atoms.